The highest BCUT2D eigenvalue weighted by Gasteiger charge is 2.00. The van der Waals surface area contributed by atoms with Crippen LogP contribution in [0.25, 0.3) is 0 Å². The van der Waals surface area contributed by atoms with Crippen LogP contribution in [-0.2, 0) is 4.57 Å². The molecule has 2 aromatic rings. The van der Waals surface area contributed by atoms with Gasteiger partial charge in [-0.15, -0.1) is 0 Å². The Morgan fingerprint density at radius 2 is 0.824 bits per heavy atom. The highest BCUT2D eigenvalue weighted by Crippen LogP contribution is 2.25. The minimum atomic E-state index is -4.64. The van der Waals surface area contributed by atoms with E-state index in [0.717, 1.165) is 0 Å². The van der Waals surface area contributed by atoms with E-state index < -0.39 is 7.82 Å². The summed E-state index contributed by atoms with van der Waals surface area (Å²) in [6.07, 6.45) is 0. The van der Waals surface area contributed by atoms with Gasteiger partial charge in [0.25, 0.3) is 0 Å². The van der Waals surface area contributed by atoms with Crippen molar-refractivity contribution in [2.45, 2.75) is 0 Å². The molecule has 0 atom stereocenters. The van der Waals surface area contributed by atoms with Gasteiger partial charge in [-0.25, -0.2) is 4.57 Å². The molecule has 0 amide bonds. The Morgan fingerprint density at radius 1 is 0.647 bits per heavy atom. The van der Waals surface area contributed by atoms with Gasteiger partial charge in [-0.3, -0.25) is 0 Å². The lowest BCUT2D eigenvalue weighted by Gasteiger charge is -2.02. The van der Waals surface area contributed by atoms with E-state index in [1.165, 1.54) is 20.9 Å². The lowest BCUT2D eigenvalue weighted by molar-refractivity contribution is 0.275. The molecule has 1 aliphatic carbocycles. The summed E-state index contributed by atoms with van der Waals surface area (Å²) in [6, 6.07) is 17.1. The van der Waals surface area contributed by atoms with E-state index in [4.69, 9.17) is 19.2 Å². The average Bonchev–Trinajstić information content (AvgIpc) is 2.23. The number of phosphoric acid groups is 1. The molecule has 17 heavy (non-hydrogen) atoms. The molecule has 1 aliphatic rings. The second-order valence-corrected chi connectivity index (χ2v) is 4.63. The highest BCUT2D eigenvalue weighted by atomic mass is 31.2. The predicted molar refractivity (Wildman–Crippen MR) is 62.5 cm³/mol. The molecule has 0 bridgehead atoms. The molecule has 0 radical (unpaired) electrons. The van der Waals surface area contributed by atoms with Gasteiger partial charge in [0.2, 0.25) is 0 Å². The smallest absolute Gasteiger partial charge is 0.303 e. The zero-order valence-corrected chi connectivity index (χ0v) is 9.71. The van der Waals surface area contributed by atoms with E-state index in [-0.39, 0.29) is 0 Å². The van der Waals surface area contributed by atoms with E-state index in [1.54, 1.807) is 0 Å². The summed E-state index contributed by atoms with van der Waals surface area (Å²) in [7, 11) is -4.64. The van der Waals surface area contributed by atoms with Crippen LogP contribution in [0.1, 0.15) is 0 Å². The molecule has 0 spiro atoms. The van der Waals surface area contributed by atoms with Crippen molar-refractivity contribution in [3.63, 3.8) is 0 Å². The first-order chi connectivity index (χ1) is 7.97. The maximum Gasteiger partial charge on any atom is 0.466 e. The Morgan fingerprint density at radius 3 is 1.00 bits per heavy atom. The summed E-state index contributed by atoms with van der Waals surface area (Å²) in [5, 5.41) is 5.59. The van der Waals surface area contributed by atoms with E-state index in [9.17, 15) is 0 Å². The third-order valence-corrected chi connectivity index (χ3v) is 2.43. The molecule has 0 saturated heterocycles. The fraction of sp³-hybridized carbons (Fsp3) is 0. The van der Waals surface area contributed by atoms with Gasteiger partial charge in [-0.2, -0.15) is 0 Å². The summed E-state index contributed by atoms with van der Waals surface area (Å²) < 4.78 is 8.88. The first-order valence-corrected chi connectivity index (χ1v) is 6.50. The lowest BCUT2D eigenvalue weighted by atomic mass is 10.0. The lowest BCUT2D eigenvalue weighted by Crippen LogP contribution is -1.88. The van der Waals surface area contributed by atoms with E-state index in [1.807, 2.05) is 0 Å². The Balaban J connectivity index is 0.000000188. The minimum Gasteiger partial charge on any atom is -0.303 e. The minimum absolute atomic E-state index is 1.40. The van der Waals surface area contributed by atoms with Crippen molar-refractivity contribution in [2.75, 3.05) is 0 Å². The van der Waals surface area contributed by atoms with Gasteiger partial charge in [0, 0.05) is 0 Å². The van der Waals surface area contributed by atoms with Gasteiger partial charge in [0.05, 0.1) is 0 Å². The largest absolute Gasteiger partial charge is 0.466 e. The van der Waals surface area contributed by atoms with Crippen molar-refractivity contribution < 1.29 is 19.2 Å². The molecule has 4 nitrogen and oxygen atoms in total. The van der Waals surface area contributed by atoms with Crippen molar-refractivity contribution in [3.8, 4) is 0 Å². The SMILES string of the molecule is O=P(O)(O)O.c1ccc2c(c1)=c1ccccc1=2. The quantitative estimate of drug-likeness (QED) is 0.530. The Bertz CT molecular complexity index is 621. The van der Waals surface area contributed by atoms with Crippen molar-refractivity contribution >= 4 is 7.82 Å². The van der Waals surface area contributed by atoms with Gasteiger partial charge < -0.3 is 14.7 Å². The van der Waals surface area contributed by atoms with Gasteiger partial charge >= 0.3 is 7.82 Å². The molecule has 0 unspecified atom stereocenters. The standard InChI is InChI=1S/C12H8.H3O4P/c1-2-6-10-9(5-1)11-7-3-4-8-12(10)11;1-5(2,3)4/h1-8H;(H3,1,2,3,4). The summed E-state index contributed by atoms with van der Waals surface area (Å²) in [5.41, 5.74) is 0. The van der Waals surface area contributed by atoms with Crippen LogP contribution >= 0.6 is 7.82 Å². The highest BCUT2D eigenvalue weighted by molar-refractivity contribution is 7.45. The van der Waals surface area contributed by atoms with Crippen LogP contribution in [0, 0.1) is 20.9 Å². The normalized spacial score (nSPS) is 11.5. The summed E-state index contributed by atoms with van der Waals surface area (Å²) in [5.74, 6) is 0. The topological polar surface area (TPSA) is 77.8 Å². The van der Waals surface area contributed by atoms with Crippen LogP contribution in [0.5, 0.6) is 0 Å². The summed E-state index contributed by atoms with van der Waals surface area (Å²) in [6.45, 7) is 0. The summed E-state index contributed by atoms with van der Waals surface area (Å²) >= 11 is 0. The van der Waals surface area contributed by atoms with Crippen LogP contribution < -0.4 is 0 Å². The zero-order valence-electron chi connectivity index (χ0n) is 8.82. The fourth-order valence-electron chi connectivity index (χ4n) is 1.84. The second-order valence-electron chi connectivity index (χ2n) is 3.60. The van der Waals surface area contributed by atoms with Gasteiger partial charge in [0.15, 0.2) is 0 Å². The number of rotatable bonds is 0. The van der Waals surface area contributed by atoms with E-state index in [2.05, 4.69) is 48.5 Å². The Labute approximate surface area is 97.0 Å². The molecule has 0 heterocycles. The number of hydrogen-bond acceptors (Lipinski definition) is 1. The molecule has 0 aliphatic heterocycles. The third kappa shape index (κ3) is 2.81. The molecule has 88 valence electrons. The van der Waals surface area contributed by atoms with Crippen LogP contribution in [-0.4, -0.2) is 14.7 Å². The van der Waals surface area contributed by atoms with Crippen LogP contribution in [0.4, 0.5) is 0 Å². The van der Waals surface area contributed by atoms with Gasteiger partial charge in [-0.05, 0) is 20.9 Å². The van der Waals surface area contributed by atoms with Crippen molar-refractivity contribution in [1.82, 2.24) is 0 Å². The molecule has 5 heteroatoms. The maximum absolute atomic E-state index is 8.88. The molecule has 0 aromatic heterocycles. The average molecular weight is 250 g/mol. The Hall–Kier alpha value is -1.45. The van der Waals surface area contributed by atoms with Crippen LogP contribution in [0.15, 0.2) is 48.5 Å². The molecular formula is C12H11O4P. The first kappa shape index (κ1) is 12.0. The first-order valence-electron chi connectivity index (χ1n) is 4.94. The van der Waals surface area contributed by atoms with Crippen molar-refractivity contribution in [1.29, 1.82) is 0 Å². The van der Waals surface area contributed by atoms with Crippen molar-refractivity contribution in [2.24, 2.45) is 0 Å². The molecule has 2 aromatic carbocycles. The number of hydrogen-bond donors (Lipinski definition) is 3. The number of benzene rings is 2. The van der Waals surface area contributed by atoms with Gasteiger partial charge in [-0.1, -0.05) is 48.5 Å². The molecule has 3 N–H and O–H groups in total. The molecule has 3 rings (SSSR count). The van der Waals surface area contributed by atoms with Crippen molar-refractivity contribution in [3.05, 3.63) is 69.4 Å². The van der Waals surface area contributed by atoms with Gasteiger partial charge in [0.1, 0.15) is 0 Å². The third-order valence-electron chi connectivity index (χ3n) is 2.43. The predicted octanol–water partition coefficient (Wildman–Crippen LogP) is 1.65. The fourth-order valence-corrected chi connectivity index (χ4v) is 1.84. The monoisotopic (exact) mass is 250 g/mol. The molecule has 0 saturated carbocycles. The number of fused-ring (bicyclic) bond motifs is 2. The Kier molecular flexibility index (Phi) is 3.13. The second kappa shape index (κ2) is 4.43. The molecule has 0 fully saturated rings. The zero-order chi connectivity index (χ0) is 12.5. The molecular weight excluding hydrogens is 239 g/mol. The van der Waals surface area contributed by atoms with Crippen LogP contribution in [0.3, 0.4) is 0 Å². The maximum atomic E-state index is 8.88. The van der Waals surface area contributed by atoms with E-state index >= 15 is 0 Å². The summed E-state index contributed by atoms with van der Waals surface area (Å²) in [4.78, 5) is 21.6. The van der Waals surface area contributed by atoms with E-state index in [0.29, 0.717) is 0 Å². The van der Waals surface area contributed by atoms with Crippen LogP contribution in [0.2, 0.25) is 0 Å².